The third kappa shape index (κ3) is 4.00. The van der Waals surface area contributed by atoms with Gasteiger partial charge in [0.05, 0.1) is 17.2 Å². The van der Waals surface area contributed by atoms with Crippen LogP contribution in [0, 0.1) is 11.3 Å². The average molecular weight is 334 g/mol. The molecular weight excluding hydrogens is 312 g/mol. The predicted octanol–water partition coefficient (Wildman–Crippen LogP) is 3.89. The molecule has 128 valence electrons. The van der Waals surface area contributed by atoms with E-state index < -0.39 is 0 Å². The minimum Gasteiger partial charge on any atom is -0.508 e. The topological polar surface area (TPSA) is 64.3 Å². The highest BCUT2D eigenvalue weighted by atomic mass is 16.3. The lowest BCUT2D eigenvalue weighted by Gasteiger charge is -2.36. The molecule has 0 radical (unpaired) electrons. The minimum atomic E-state index is -0.0347. The Labute approximate surface area is 148 Å². The Morgan fingerprint density at radius 2 is 1.92 bits per heavy atom. The summed E-state index contributed by atoms with van der Waals surface area (Å²) in [6.07, 6.45) is 4.90. The van der Waals surface area contributed by atoms with Gasteiger partial charge >= 0.3 is 0 Å². The summed E-state index contributed by atoms with van der Waals surface area (Å²) in [6.45, 7) is 0.749. The van der Waals surface area contributed by atoms with E-state index in [0.29, 0.717) is 11.1 Å². The normalized spacial score (nSPS) is 17.1. The number of benzene rings is 2. The molecule has 4 nitrogen and oxygen atoms in total. The molecule has 1 aliphatic rings. The molecule has 4 heteroatoms. The zero-order valence-corrected chi connectivity index (χ0v) is 14.2. The molecule has 1 heterocycles. The molecule has 1 amide bonds. The van der Waals surface area contributed by atoms with Gasteiger partial charge in [0.25, 0.3) is 5.91 Å². The second kappa shape index (κ2) is 7.85. The van der Waals surface area contributed by atoms with Crippen LogP contribution >= 0.6 is 0 Å². The van der Waals surface area contributed by atoms with Crippen LogP contribution in [0.2, 0.25) is 0 Å². The Kier molecular flexibility index (Phi) is 5.35. The number of nitrogens with zero attached hydrogens (tertiary/aromatic N) is 2. The van der Waals surface area contributed by atoms with Gasteiger partial charge in [-0.25, -0.2) is 0 Å². The van der Waals surface area contributed by atoms with Crippen LogP contribution in [-0.4, -0.2) is 28.5 Å². The second-order valence-electron chi connectivity index (χ2n) is 6.51. The molecule has 0 unspecified atom stereocenters. The first-order valence-corrected chi connectivity index (χ1v) is 8.77. The molecule has 0 saturated carbocycles. The van der Waals surface area contributed by atoms with Crippen LogP contribution in [0.1, 0.15) is 47.2 Å². The minimum absolute atomic E-state index is 0.0347. The second-order valence-corrected chi connectivity index (χ2v) is 6.51. The number of hydrogen-bond acceptors (Lipinski definition) is 3. The largest absolute Gasteiger partial charge is 0.508 e. The number of rotatable bonds is 4. The van der Waals surface area contributed by atoms with Crippen LogP contribution in [-0.2, 0) is 6.42 Å². The van der Waals surface area contributed by atoms with Crippen LogP contribution in [0.4, 0.5) is 0 Å². The Balaban J connectivity index is 1.73. The third-order valence-corrected chi connectivity index (χ3v) is 4.87. The van der Waals surface area contributed by atoms with Crippen molar-refractivity contribution < 1.29 is 9.90 Å². The quantitative estimate of drug-likeness (QED) is 0.922. The number of hydrogen-bond donors (Lipinski definition) is 1. The van der Waals surface area contributed by atoms with E-state index in [1.807, 2.05) is 23.1 Å². The highest BCUT2D eigenvalue weighted by molar-refractivity contribution is 5.96. The maximum absolute atomic E-state index is 13.0. The predicted molar refractivity (Wildman–Crippen MR) is 96.3 cm³/mol. The lowest BCUT2D eigenvalue weighted by molar-refractivity contribution is 0.0601. The fraction of sp³-hybridized carbons (Fsp3) is 0.333. The van der Waals surface area contributed by atoms with Gasteiger partial charge < -0.3 is 10.0 Å². The molecule has 0 aromatic heterocycles. The molecule has 0 spiro atoms. The van der Waals surface area contributed by atoms with Crippen molar-refractivity contribution in [3.05, 3.63) is 65.2 Å². The SMILES string of the molecule is N#Cc1ccccc1C(=O)N1CCCC[C@H]1CCc1ccc(O)cc1. The molecule has 2 aromatic rings. The third-order valence-electron chi connectivity index (χ3n) is 4.87. The summed E-state index contributed by atoms with van der Waals surface area (Å²) in [5.74, 6) is 0.235. The van der Waals surface area contributed by atoms with Gasteiger partial charge in [0.2, 0.25) is 0 Å². The summed E-state index contributed by atoms with van der Waals surface area (Å²) >= 11 is 0. The van der Waals surface area contributed by atoms with Gasteiger partial charge in [-0.15, -0.1) is 0 Å². The number of aryl methyl sites for hydroxylation is 1. The average Bonchev–Trinajstić information content (AvgIpc) is 2.67. The smallest absolute Gasteiger partial charge is 0.255 e. The summed E-state index contributed by atoms with van der Waals surface area (Å²) < 4.78 is 0. The van der Waals surface area contributed by atoms with E-state index in [9.17, 15) is 15.2 Å². The highest BCUT2D eigenvalue weighted by Crippen LogP contribution is 2.24. The zero-order chi connectivity index (χ0) is 17.6. The van der Waals surface area contributed by atoms with Gasteiger partial charge in [-0.2, -0.15) is 5.26 Å². The van der Waals surface area contributed by atoms with Gasteiger partial charge in [0, 0.05) is 12.6 Å². The van der Waals surface area contributed by atoms with E-state index >= 15 is 0 Å². The molecule has 2 aromatic carbocycles. The van der Waals surface area contributed by atoms with Crippen LogP contribution in [0.15, 0.2) is 48.5 Å². The number of piperidine rings is 1. The van der Waals surface area contributed by atoms with Gasteiger partial charge in [-0.1, -0.05) is 24.3 Å². The molecule has 1 atom stereocenters. The summed E-state index contributed by atoms with van der Waals surface area (Å²) in [5.41, 5.74) is 2.10. The van der Waals surface area contributed by atoms with Crippen LogP contribution in [0.5, 0.6) is 5.75 Å². The Morgan fingerprint density at radius 1 is 1.16 bits per heavy atom. The molecule has 1 fully saturated rings. The number of carbonyl (C=O) groups excluding carboxylic acids is 1. The fourth-order valence-electron chi connectivity index (χ4n) is 3.49. The van der Waals surface area contributed by atoms with Crippen molar-refractivity contribution in [2.75, 3.05) is 6.54 Å². The highest BCUT2D eigenvalue weighted by Gasteiger charge is 2.28. The first-order valence-electron chi connectivity index (χ1n) is 8.77. The molecule has 25 heavy (non-hydrogen) atoms. The first kappa shape index (κ1) is 17.0. The van der Waals surface area contributed by atoms with E-state index in [1.165, 1.54) is 0 Å². The maximum Gasteiger partial charge on any atom is 0.255 e. The van der Waals surface area contributed by atoms with Crippen molar-refractivity contribution >= 4 is 5.91 Å². The summed E-state index contributed by atoms with van der Waals surface area (Å²) in [7, 11) is 0. The molecule has 1 saturated heterocycles. The number of nitriles is 1. The van der Waals surface area contributed by atoms with Gasteiger partial charge in [-0.3, -0.25) is 4.79 Å². The maximum atomic E-state index is 13.0. The van der Waals surface area contributed by atoms with E-state index in [1.54, 1.807) is 30.3 Å². The number of phenolic OH excluding ortho intramolecular Hbond substituents is 1. The fourth-order valence-corrected chi connectivity index (χ4v) is 3.49. The number of amides is 1. The molecule has 3 rings (SSSR count). The molecule has 0 aliphatic carbocycles. The lowest BCUT2D eigenvalue weighted by atomic mass is 9.94. The van der Waals surface area contributed by atoms with Gasteiger partial charge in [-0.05, 0) is 61.9 Å². The van der Waals surface area contributed by atoms with Crippen molar-refractivity contribution in [2.45, 2.75) is 38.1 Å². The van der Waals surface area contributed by atoms with Gasteiger partial charge in [0.1, 0.15) is 5.75 Å². The van der Waals surface area contributed by atoms with Crippen molar-refractivity contribution in [1.29, 1.82) is 5.26 Å². The Bertz CT molecular complexity index is 777. The molecule has 0 bridgehead atoms. The Hall–Kier alpha value is -2.80. The van der Waals surface area contributed by atoms with Crippen LogP contribution in [0.25, 0.3) is 0 Å². The van der Waals surface area contributed by atoms with Crippen LogP contribution in [0.3, 0.4) is 0 Å². The molecule has 1 N–H and O–H groups in total. The van der Waals surface area contributed by atoms with Crippen molar-refractivity contribution in [3.63, 3.8) is 0 Å². The molecule has 1 aliphatic heterocycles. The molecular formula is C21H22N2O2. The monoisotopic (exact) mass is 334 g/mol. The summed E-state index contributed by atoms with van der Waals surface area (Å²) in [4.78, 5) is 14.9. The summed E-state index contributed by atoms with van der Waals surface area (Å²) in [6, 6.07) is 16.6. The number of phenols is 1. The Morgan fingerprint density at radius 3 is 2.68 bits per heavy atom. The standard InChI is InChI=1S/C21H22N2O2/c22-15-17-5-1-2-7-20(17)21(25)23-14-4-3-6-18(23)11-8-16-9-12-19(24)13-10-16/h1-2,5,7,9-10,12-13,18,24H,3-4,6,8,11,14H2/t18-/m0/s1. The van der Waals surface area contributed by atoms with Crippen molar-refractivity contribution in [1.82, 2.24) is 4.90 Å². The lowest BCUT2D eigenvalue weighted by Crippen LogP contribution is -2.44. The van der Waals surface area contributed by atoms with E-state index in [-0.39, 0.29) is 17.7 Å². The first-order chi connectivity index (χ1) is 12.2. The van der Waals surface area contributed by atoms with Crippen molar-refractivity contribution in [3.8, 4) is 11.8 Å². The number of likely N-dealkylation sites (tertiary alicyclic amines) is 1. The number of aromatic hydroxyl groups is 1. The summed E-state index contributed by atoms with van der Waals surface area (Å²) in [5, 5.41) is 18.6. The van der Waals surface area contributed by atoms with Gasteiger partial charge in [0.15, 0.2) is 0 Å². The van der Waals surface area contributed by atoms with E-state index in [2.05, 4.69) is 6.07 Å². The van der Waals surface area contributed by atoms with Crippen molar-refractivity contribution in [2.24, 2.45) is 0 Å². The zero-order valence-electron chi connectivity index (χ0n) is 14.2. The van der Waals surface area contributed by atoms with E-state index in [0.717, 1.165) is 44.2 Å². The number of carbonyl (C=O) groups is 1. The van der Waals surface area contributed by atoms with E-state index in [4.69, 9.17) is 0 Å². The van der Waals surface area contributed by atoms with Crippen LogP contribution < -0.4 is 0 Å².